The summed E-state index contributed by atoms with van der Waals surface area (Å²) in [5.74, 6) is 1.30. The van der Waals surface area contributed by atoms with E-state index < -0.39 is 0 Å². The summed E-state index contributed by atoms with van der Waals surface area (Å²) in [6.45, 7) is 4.11. The lowest BCUT2D eigenvalue weighted by molar-refractivity contribution is -0.120. The van der Waals surface area contributed by atoms with Gasteiger partial charge in [-0.2, -0.15) is 0 Å². The first-order valence-electron chi connectivity index (χ1n) is 7.62. The van der Waals surface area contributed by atoms with E-state index in [1.165, 1.54) is 5.56 Å². The summed E-state index contributed by atoms with van der Waals surface area (Å²) in [6.07, 6.45) is 0.818. The van der Waals surface area contributed by atoms with Crippen LogP contribution in [0.25, 0.3) is 0 Å². The number of amides is 1. The highest BCUT2D eigenvalue weighted by Crippen LogP contribution is 2.17. The first kappa shape index (κ1) is 17.9. The van der Waals surface area contributed by atoms with E-state index in [1.54, 1.807) is 11.8 Å². The Kier molecular flexibility index (Phi) is 6.55. The lowest BCUT2D eigenvalue weighted by Gasteiger charge is -2.26. The minimum Gasteiger partial charge on any atom is -0.350 e. The van der Waals surface area contributed by atoms with Crippen molar-refractivity contribution in [2.75, 3.05) is 5.75 Å². The average Bonchev–Trinajstić information content (AvgIpc) is 2.47. The third-order valence-corrected chi connectivity index (χ3v) is 4.60. The molecule has 2 aromatic carbocycles. The third kappa shape index (κ3) is 6.67. The van der Waals surface area contributed by atoms with Gasteiger partial charge in [0.25, 0.3) is 0 Å². The van der Waals surface area contributed by atoms with Gasteiger partial charge in [-0.05, 0) is 43.5 Å². The minimum absolute atomic E-state index is 0.0676. The Morgan fingerprint density at radius 3 is 2.48 bits per heavy atom. The Bertz CT molecular complexity index is 643. The van der Waals surface area contributed by atoms with Crippen molar-refractivity contribution in [1.82, 2.24) is 5.32 Å². The van der Waals surface area contributed by atoms with Crippen LogP contribution in [0.4, 0.5) is 0 Å². The topological polar surface area (TPSA) is 29.1 Å². The maximum Gasteiger partial charge on any atom is 0.230 e. The van der Waals surface area contributed by atoms with Gasteiger partial charge in [-0.25, -0.2) is 0 Å². The molecule has 2 aromatic rings. The van der Waals surface area contributed by atoms with Gasteiger partial charge in [0.2, 0.25) is 5.91 Å². The molecule has 0 saturated heterocycles. The molecule has 0 aliphatic carbocycles. The molecule has 122 valence electrons. The summed E-state index contributed by atoms with van der Waals surface area (Å²) in [5, 5.41) is 3.85. The fraction of sp³-hybridized carbons (Fsp3) is 0.316. The largest absolute Gasteiger partial charge is 0.350 e. The van der Waals surface area contributed by atoms with E-state index in [0.717, 1.165) is 22.8 Å². The van der Waals surface area contributed by atoms with E-state index in [2.05, 4.69) is 31.3 Å². The van der Waals surface area contributed by atoms with Gasteiger partial charge >= 0.3 is 0 Å². The number of hydrogen-bond acceptors (Lipinski definition) is 2. The number of nitrogens with one attached hydrogen (secondary N) is 1. The lowest BCUT2D eigenvalue weighted by atomic mass is 9.95. The van der Waals surface area contributed by atoms with E-state index >= 15 is 0 Å². The van der Waals surface area contributed by atoms with Crippen molar-refractivity contribution in [3.05, 3.63) is 70.7 Å². The van der Waals surface area contributed by atoms with Gasteiger partial charge in [-0.1, -0.05) is 54.1 Å². The molecule has 0 atom stereocenters. The molecule has 0 aliphatic rings. The summed E-state index contributed by atoms with van der Waals surface area (Å²) in [4.78, 5) is 12.1. The monoisotopic (exact) mass is 347 g/mol. The molecule has 0 aromatic heterocycles. The predicted octanol–water partition coefficient (Wildman–Crippen LogP) is 4.71. The summed E-state index contributed by atoms with van der Waals surface area (Å²) < 4.78 is 0. The number of thioether (sulfide) groups is 1. The van der Waals surface area contributed by atoms with Crippen LogP contribution >= 0.6 is 23.4 Å². The second kappa shape index (κ2) is 8.42. The highest BCUT2D eigenvalue weighted by atomic mass is 35.5. The van der Waals surface area contributed by atoms with E-state index in [-0.39, 0.29) is 11.4 Å². The first-order valence-corrected chi connectivity index (χ1v) is 9.15. The average molecular weight is 348 g/mol. The van der Waals surface area contributed by atoms with Crippen molar-refractivity contribution in [2.45, 2.75) is 31.6 Å². The van der Waals surface area contributed by atoms with Gasteiger partial charge in [0.15, 0.2) is 0 Å². The number of halogens is 1. The molecule has 0 spiro atoms. The van der Waals surface area contributed by atoms with Crippen LogP contribution in [0, 0.1) is 0 Å². The van der Waals surface area contributed by atoms with Gasteiger partial charge in [-0.15, -0.1) is 11.8 Å². The molecule has 2 nitrogen and oxygen atoms in total. The van der Waals surface area contributed by atoms with Crippen molar-refractivity contribution >= 4 is 29.3 Å². The van der Waals surface area contributed by atoms with E-state index in [0.29, 0.717) is 5.75 Å². The molecule has 23 heavy (non-hydrogen) atoms. The molecule has 0 aliphatic heterocycles. The SMILES string of the molecule is CC(C)(Cc1ccccc1)NC(=O)CSCc1cccc(Cl)c1. The zero-order chi connectivity index (χ0) is 16.7. The smallest absolute Gasteiger partial charge is 0.230 e. The van der Waals surface area contributed by atoms with Crippen LogP contribution < -0.4 is 5.32 Å². The maximum absolute atomic E-state index is 12.1. The third-order valence-electron chi connectivity index (χ3n) is 3.36. The Labute approximate surface area is 147 Å². The molecule has 0 saturated carbocycles. The molecule has 0 bridgehead atoms. The van der Waals surface area contributed by atoms with Crippen LogP contribution in [-0.2, 0) is 17.0 Å². The zero-order valence-electron chi connectivity index (χ0n) is 13.5. The van der Waals surface area contributed by atoms with Crippen LogP contribution in [0.5, 0.6) is 0 Å². The van der Waals surface area contributed by atoms with Gasteiger partial charge in [0.1, 0.15) is 0 Å². The summed E-state index contributed by atoms with van der Waals surface area (Å²) in [6, 6.07) is 18.0. The lowest BCUT2D eigenvalue weighted by Crippen LogP contribution is -2.45. The molecular weight excluding hydrogens is 326 g/mol. The Morgan fingerprint density at radius 1 is 1.09 bits per heavy atom. The van der Waals surface area contributed by atoms with Crippen LogP contribution in [0.1, 0.15) is 25.0 Å². The quantitative estimate of drug-likeness (QED) is 0.785. The molecule has 4 heteroatoms. The normalized spacial score (nSPS) is 11.3. The van der Waals surface area contributed by atoms with Crippen LogP contribution in [0.3, 0.4) is 0 Å². The van der Waals surface area contributed by atoms with Crippen LogP contribution in [-0.4, -0.2) is 17.2 Å². The van der Waals surface area contributed by atoms with Crippen molar-refractivity contribution < 1.29 is 4.79 Å². The van der Waals surface area contributed by atoms with Crippen molar-refractivity contribution in [3.63, 3.8) is 0 Å². The van der Waals surface area contributed by atoms with Crippen molar-refractivity contribution in [1.29, 1.82) is 0 Å². The Hall–Kier alpha value is -1.45. The van der Waals surface area contributed by atoms with Crippen molar-refractivity contribution in [3.8, 4) is 0 Å². The molecule has 1 N–H and O–H groups in total. The van der Waals surface area contributed by atoms with Gasteiger partial charge in [0, 0.05) is 16.3 Å². The fourth-order valence-electron chi connectivity index (χ4n) is 2.45. The van der Waals surface area contributed by atoms with Crippen LogP contribution in [0.2, 0.25) is 5.02 Å². The first-order chi connectivity index (χ1) is 10.9. The minimum atomic E-state index is -0.255. The van der Waals surface area contributed by atoms with E-state index in [4.69, 9.17) is 11.6 Å². The number of rotatable bonds is 7. The molecule has 2 rings (SSSR count). The van der Waals surface area contributed by atoms with E-state index in [1.807, 2.05) is 42.5 Å². The number of hydrogen-bond donors (Lipinski definition) is 1. The summed E-state index contributed by atoms with van der Waals surface area (Å²) >= 11 is 7.56. The molecule has 0 radical (unpaired) electrons. The van der Waals surface area contributed by atoms with E-state index in [9.17, 15) is 4.79 Å². The number of carbonyl (C=O) groups excluding carboxylic acids is 1. The summed E-state index contributed by atoms with van der Waals surface area (Å²) in [5.41, 5.74) is 2.11. The van der Waals surface area contributed by atoms with Gasteiger partial charge in [0.05, 0.1) is 5.75 Å². The predicted molar refractivity (Wildman–Crippen MR) is 100.0 cm³/mol. The second-order valence-corrected chi connectivity index (χ2v) is 7.64. The number of carbonyl (C=O) groups is 1. The molecule has 1 amide bonds. The van der Waals surface area contributed by atoms with Gasteiger partial charge < -0.3 is 5.32 Å². The highest BCUT2D eigenvalue weighted by Gasteiger charge is 2.20. The molecule has 0 heterocycles. The fourth-order valence-corrected chi connectivity index (χ4v) is 3.44. The highest BCUT2D eigenvalue weighted by molar-refractivity contribution is 7.99. The zero-order valence-corrected chi connectivity index (χ0v) is 15.1. The van der Waals surface area contributed by atoms with Crippen molar-refractivity contribution in [2.24, 2.45) is 0 Å². The second-order valence-electron chi connectivity index (χ2n) is 6.22. The van der Waals surface area contributed by atoms with Crippen LogP contribution in [0.15, 0.2) is 54.6 Å². The number of benzene rings is 2. The molecular formula is C19H22ClNOS. The standard InChI is InChI=1S/C19H22ClNOS/c1-19(2,12-15-7-4-3-5-8-15)21-18(22)14-23-13-16-9-6-10-17(20)11-16/h3-11H,12-14H2,1-2H3,(H,21,22). The molecule has 0 fully saturated rings. The Balaban J connectivity index is 1.77. The molecule has 0 unspecified atom stereocenters. The van der Waals surface area contributed by atoms with Gasteiger partial charge in [-0.3, -0.25) is 4.79 Å². The Morgan fingerprint density at radius 2 is 1.78 bits per heavy atom. The maximum atomic E-state index is 12.1. The summed E-state index contributed by atoms with van der Waals surface area (Å²) in [7, 11) is 0.